The molecule has 0 bridgehead atoms. The van der Waals surface area contributed by atoms with Crippen molar-refractivity contribution < 1.29 is 4.79 Å². The van der Waals surface area contributed by atoms with Gasteiger partial charge in [0, 0.05) is 23.2 Å². The van der Waals surface area contributed by atoms with Gasteiger partial charge in [-0.05, 0) is 40.5 Å². The molecule has 0 fully saturated rings. The second kappa shape index (κ2) is 4.70. The molecule has 0 atom stereocenters. The largest absolute Gasteiger partial charge is 0.399 e. The summed E-state index contributed by atoms with van der Waals surface area (Å²) >= 11 is 3.38. The van der Waals surface area contributed by atoms with Crippen molar-refractivity contribution in [3.8, 4) is 0 Å². The predicted octanol–water partition coefficient (Wildman–Crippen LogP) is 2.43. The Morgan fingerprint density at radius 2 is 2.19 bits per heavy atom. The van der Waals surface area contributed by atoms with Crippen LogP contribution < -0.4 is 5.73 Å². The highest BCUT2D eigenvalue weighted by Crippen LogP contribution is 2.21. The molecule has 84 valence electrons. The number of benzene rings is 1. The van der Waals surface area contributed by atoms with E-state index in [0.29, 0.717) is 17.8 Å². The fraction of sp³-hybridized carbons (Fsp3) is 0.250. The van der Waals surface area contributed by atoms with Gasteiger partial charge in [0.2, 0.25) is 0 Å². The molecule has 0 saturated carbocycles. The molecule has 0 radical (unpaired) electrons. The Kier molecular flexibility index (Phi) is 3.29. The Morgan fingerprint density at radius 1 is 1.38 bits per heavy atom. The first-order chi connectivity index (χ1) is 7.68. The molecule has 1 aliphatic heterocycles. The molecule has 0 spiro atoms. The number of hydrogen-bond donors (Lipinski definition) is 1. The monoisotopic (exact) mass is 280 g/mol. The van der Waals surface area contributed by atoms with Crippen molar-refractivity contribution in [2.75, 3.05) is 18.8 Å². The lowest BCUT2D eigenvalue weighted by Gasteiger charge is -2.24. The van der Waals surface area contributed by atoms with Gasteiger partial charge in [-0.3, -0.25) is 4.79 Å². The fourth-order valence-electron chi connectivity index (χ4n) is 1.70. The molecule has 2 rings (SSSR count). The van der Waals surface area contributed by atoms with Gasteiger partial charge in [0.25, 0.3) is 5.91 Å². The van der Waals surface area contributed by atoms with Crippen molar-refractivity contribution in [1.82, 2.24) is 4.90 Å². The van der Waals surface area contributed by atoms with E-state index in [1.54, 1.807) is 12.1 Å². The Hall–Kier alpha value is -1.29. The third-order valence-electron chi connectivity index (χ3n) is 2.57. The van der Waals surface area contributed by atoms with Gasteiger partial charge in [-0.25, -0.2) is 0 Å². The Balaban J connectivity index is 2.26. The highest BCUT2D eigenvalue weighted by molar-refractivity contribution is 9.10. The van der Waals surface area contributed by atoms with Crippen LogP contribution in [0.5, 0.6) is 0 Å². The highest BCUT2D eigenvalue weighted by atomic mass is 79.9. The van der Waals surface area contributed by atoms with E-state index in [1.807, 2.05) is 17.0 Å². The minimum atomic E-state index is 0.0310. The number of rotatable bonds is 1. The van der Waals surface area contributed by atoms with Crippen LogP contribution in [0.4, 0.5) is 5.69 Å². The number of carbonyl (C=O) groups excluding carboxylic acids is 1. The van der Waals surface area contributed by atoms with Crippen molar-refractivity contribution in [2.24, 2.45) is 0 Å². The standard InChI is InChI=1S/C12H13BrN2O/c13-11-5-4-9(14)8-10(11)12(16)15-6-2-1-3-7-15/h1-2,4-5,8H,3,6-7,14H2. The maximum absolute atomic E-state index is 12.2. The fourth-order valence-corrected chi connectivity index (χ4v) is 2.12. The molecule has 0 aliphatic carbocycles. The average molecular weight is 281 g/mol. The zero-order valence-corrected chi connectivity index (χ0v) is 10.4. The zero-order valence-electron chi connectivity index (χ0n) is 8.82. The number of halogens is 1. The second-order valence-electron chi connectivity index (χ2n) is 3.75. The summed E-state index contributed by atoms with van der Waals surface area (Å²) in [5.74, 6) is 0.0310. The van der Waals surface area contributed by atoms with Crippen molar-refractivity contribution in [3.05, 3.63) is 40.4 Å². The zero-order chi connectivity index (χ0) is 11.5. The van der Waals surface area contributed by atoms with Crippen molar-refractivity contribution in [1.29, 1.82) is 0 Å². The van der Waals surface area contributed by atoms with Crippen LogP contribution in [0.1, 0.15) is 16.8 Å². The summed E-state index contributed by atoms with van der Waals surface area (Å²) in [6.07, 6.45) is 5.03. The molecule has 3 nitrogen and oxygen atoms in total. The Labute approximate surface area is 103 Å². The first kappa shape index (κ1) is 11.2. The molecule has 0 aromatic heterocycles. The third-order valence-corrected chi connectivity index (χ3v) is 3.26. The molecule has 0 saturated heterocycles. The lowest BCUT2D eigenvalue weighted by molar-refractivity contribution is 0.0770. The summed E-state index contributed by atoms with van der Waals surface area (Å²) in [4.78, 5) is 14.0. The van der Waals surface area contributed by atoms with Gasteiger partial charge in [0.15, 0.2) is 0 Å². The second-order valence-corrected chi connectivity index (χ2v) is 4.60. The van der Waals surface area contributed by atoms with E-state index in [1.165, 1.54) is 0 Å². The molecule has 1 heterocycles. The molecule has 0 unspecified atom stereocenters. The predicted molar refractivity (Wildman–Crippen MR) is 68.2 cm³/mol. The minimum absolute atomic E-state index is 0.0310. The smallest absolute Gasteiger partial charge is 0.255 e. The van der Waals surface area contributed by atoms with E-state index < -0.39 is 0 Å². The Bertz CT molecular complexity index is 443. The summed E-state index contributed by atoms with van der Waals surface area (Å²) < 4.78 is 0.793. The Morgan fingerprint density at radius 3 is 2.88 bits per heavy atom. The lowest BCUT2D eigenvalue weighted by Crippen LogP contribution is -2.34. The summed E-state index contributed by atoms with van der Waals surface area (Å²) in [7, 11) is 0. The molecular formula is C12H13BrN2O. The van der Waals surface area contributed by atoms with E-state index in [9.17, 15) is 4.79 Å². The third kappa shape index (κ3) is 2.27. The van der Waals surface area contributed by atoms with Gasteiger partial charge in [-0.15, -0.1) is 0 Å². The number of nitrogens with zero attached hydrogens (tertiary/aromatic N) is 1. The van der Waals surface area contributed by atoms with Crippen molar-refractivity contribution >= 4 is 27.5 Å². The first-order valence-corrected chi connectivity index (χ1v) is 5.97. The van der Waals surface area contributed by atoms with E-state index in [4.69, 9.17) is 5.73 Å². The van der Waals surface area contributed by atoms with Gasteiger partial charge >= 0.3 is 0 Å². The minimum Gasteiger partial charge on any atom is -0.399 e. The van der Waals surface area contributed by atoms with Crippen LogP contribution in [-0.2, 0) is 0 Å². The number of amides is 1. The first-order valence-electron chi connectivity index (χ1n) is 5.18. The van der Waals surface area contributed by atoms with E-state index in [2.05, 4.69) is 22.0 Å². The van der Waals surface area contributed by atoms with Gasteiger partial charge in [-0.2, -0.15) is 0 Å². The van der Waals surface area contributed by atoms with Gasteiger partial charge in [-0.1, -0.05) is 12.2 Å². The number of nitrogen functional groups attached to an aromatic ring is 1. The molecule has 1 amide bonds. The van der Waals surface area contributed by atoms with Crippen LogP contribution in [-0.4, -0.2) is 23.9 Å². The number of anilines is 1. The highest BCUT2D eigenvalue weighted by Gasteiger charge is 2.18. The van der Waals surface area contributed by atoms with Gasteiger partial charge < -0.3 is 10.6 Å². The molecule has 1 aromatic rings. The quantitative estimate of drug-likeness (QED) is 0.634. The number of hydrogen-bond acceptors (Lipinski definition) is 2. The lowest BCUT2D eigenvalue weighted by atomic mass is 10.1. The maximum atomic E-state index is 12.2. The van der Waals surface area contributed by atoms with Crippen LogP contribution in [0.3, 0.4) is 0 Å². The average Bonchev–Trinajstić information content (AvgIpc) is 2.32. The number of carbonyl (C=O) groups is 1. The van der Waals surface area contributed by atoms with Gasteiger partial charge in [0.1, 0.15) is 0 Å². The summed E-state index contributed by atoms with van der Waals surface area (Å²) in [5, 5.41) is 0. The van der Waals surface area contributed by atoms with Crippen LogP contribution in [0.15, 0.2) is 34.8 Å². The SMILES string of the molecule is Nc1ccc(Br)c(C(=O)N2CC=CCC2)c1. The van der Waals surface area contributed by atoms with Crippen LogP contribution in [0.2, 0.25) is 0 Å². The summed E-state index contributed by atoms with van der Waals surface area (Å²) in [5.41, 5.74) is 6.93. The van der Waals surface area contributed by atoms with Crippen LogP contribution >= 0.6 is 15.9 Å². The molecule has 1 aromatic carbocycles. The molecule has 1 aliphatic rings. The van der Waals surface area contributed by atoms with Crippen LogP contribution in [0.25, 0.3) is 0 Å². The van der Waals surface area contributed by atoms with Crippen LogP contribution in [0, 0.1) is 0 Å². The topological polar surface area (TPSA) is 46.3 Å². The number of nitrogens with two attached hydrogens (primary N) is 1. The molecule has 2 N–H and O–H groups in total. The molecule has 16 heavy (non-hydrogen) atoms. The van der Waals surface area contributed by atoms with E-state index in [0.717, 1.165) is 17.4 Å². The normalized spacial score (nSPS) is 15.2. The summed E-state index contributed by atoms with van der Waals surface area (Å²) in [6, 6.07) is 5.30. The molecule has 4 heteroatoms. The molecular weight excluding hydrogens is 268 g/mol. The summed E-state index contributed by atoms with van der Waals surface area (Å²) in [6.45, 7) is 1.46. The van der Waals surface area contributed by atoms with Gasteiger partial charge in [0.05, 0.1) is 5.56 Å². The maximum Gasteiger partial charge on any atom is 0.255 e. The van der Waals surface area contributed by atoms with Crippen molar-refractivity contribution in [2.45, 2.75) is 6.42 Å². The van der Waals surface area contributed by atoms with E-state index >= 15 is 0 Å². The van der Waals surface area contributed by atoms with Crippen molar-refractivity contribution in [3.63, 3.8) is 0 Å². The van der Waals surface area contributed by atoms with E-state index in [-0.39, 0.29) is 5.91 Å².